The van der Waals surface area contributed by atoms with Crippen LogP contribution >= 0.6 is 12.2 Å². The highest BCUT2D eigenvalue weighted by Gasteiger charge is 2.12. The molecule has 0 heterocycles. The number of benzene rings is 2. The van der Waals surface area contributed by atoms with Gasteiger partial charge in [-0.3, -0.25) is 10.1 Å². The van der Waals surface area contributed by atoms with E-state index in [1.807, 2.05) is 0 Å². The summed E-state index contributed by atoms with van der Waals surface area (Å²) in [6.45, 7) is 0. The zero-order chi connectivity index (χ0) is 14.5. The third-order valence-electron chi connectivity index (χ3n) is 2.43. The van der Waals surface area contributed by atoms with Crippen LogP contribution in [0.1, 0.15) is 10.4 Å². The molecule has 102 valence electrons. The first-order valence-corrected chi connectivity index (χ1v) is 6.09. The number of anilines is 1. The molecule has 0 aliphatic carbocycles. The quantitative estimate of drug-likeness (QED) is 0.836. The van der Waals surface area contributed by atoms with Crippen LogP contribution in [-0.4, -0.2) is 11.0 Å². The fourth-order valence-corrected chi connectivity index (χ4v) is 1.75. The number of hydrogen-bond donors (Lipinski definition) is 2. The van der Waals surface area contributed by atoms with Crippen molar-refractivity contribution in [2.24, 2.45) is 0 Å². The van der Waals surface area contributed by atoms with E-state index in [0.29, 0.717) is 5.69 Å². The van der Waals surface area contributed by atoms with Crippen molar-refractivity contribution in [2.45, 2.75) is 0 Å². The Bertz CT molecular complexity index is 661. The molecule has 0 bridgehead atoms. The largest absolute Gasteiger partial charge is 0.332 e. The fraction of sp³-hybridized carbons (Fsp3) is 0. The van der Waals surface area contributed by atoms with Gasteiger partial charge in [-0.25, -0.2) is 8.78 Å². The molecule has 0 aliphatic rings. The molecule has 3 nitrogen and oxygen atoms in total. The molecule has 0 radical (unpaired) electrons. The van der Waals surface area contributed by atoms with Crippen molar-refractivity contribution in [2.75, 3.05) is 5.32 Å². The van der Waals surface area contributed by atoms with Crippen LogP contribution in [0.5, 0.6) is 0 Å². The first-order chi connectivity index (χ1) is 9.56. The topological polar surface area (TPSA) is 41.1 Å². The second-order valence-corrected chi connectivity index (χ2v) is 4.31. The van der Waals surface area contributed by atoms with Gasteiger partial charge in [-0.15, -0.1) is 0 Å². The van der Waals surface area contributed by atoms with Crippen LogP contribution in [0.25, 0.3) is 0 Å². The molecule has 1 amide bonds. The Kier molecular flexibility index (Phi) is 4.37. The molecule has 0 saturated carbocycles. The second kappa shape index (κ2) is 6.21. The number of nitrogens with one attached hydrogen (secondary N) is 2. The molecular formula is C14H10F2N2OS. The van der Waals surface area contributed by atoms with Crippen molar-refractivity contribution in [3.63, 3.8) is 0 Å². The van der Waals surface area contributed by atoms with Crippen LogP contribution < -0.4 is 10.6 Å². The number of carbonyl (C=O) groups excluding carboxylic acids is 1. The summed E-state index contributed by atoms with van der Waals surface area (Å²) in [5.74, 6) is -1.74. The number of halogens is 2. The Morgan fingerprint density at radius 3 is 2.50 bits per heavy atom. The van der Waals surface area contributed by atoms with E-state index in [1.54, 1.807) is 12.1 Å². The van der Waals surface area contributed by atoms with Gasteiger partial charge < -0.3 is 5.32 Å². The molecule has 0 aromatic heterocycles. The zero-order valence-corrected chi connectivity index (χ0v) is 11.0. The summed E-state index contributed by atoms with van der Waals surface area (Å²) in [5.41, 5.74) is 0.278. The van der Waals surface area contributed by atoms with Crippen LogP contribution in [0, 0.1) is 11.6 Å². The van der Waals surface area contributed by atoms with Crippen LogP contribution in [0.3, 0.4) is 0 Å². The predicted molar refractivity (Wildman–Crippen MR) is 76.5 cm³/mol. The Labute approximate surface area is 119 Å². The Balaban J connectivity index is 2.02. The van der Waals surface area contributed by atoms with Gasteiger partial charge in [0.1, 0.15) is 11.6 Å². The van der Waals surface area contributed by atoms with Crippen LogP contribution in [0.4, 0.5) is 14.5 Å². The summed E-state index contributed by atoms with van der Waals surface area (Å²) < 4.78 is 26.4. The lowest BCUT2D eigenvalue weighted by Gasteiger charge is -2.09. The number of thiocarbonyl (C=S) groups is 1. The average molecular weight is 292 g/mol. The highest BCUT2D eigenvalue weighted by Crippen LogP contribution is 2.09. The maximum absolute atomic E-state index is 13.4. The molecule has 0 atom stereocenters. The van der Waals surface area contributed by atoms with Gasteiger partial charge in [-0.2, -0.15) is 0 Å². The van der Waals surface area contributed by atoms with E-state index in [0.717, 1.165) is 0 Å². The second-order valence-electron chi connectivity index (χ2n) is 3.90. The molecule has 0 saturated heterocycles. The highest BCUT2D eigenvalue weighted by molar-refractivity contribution is 7.80. The van der Waals surface area contributed by atoms with Crippen LogP contribution in [-0.2, 0) is 0 Å². The minimum absolute atomic E-state index is 0.0381. The molecule has 2 rings (SSSR count). The van der Waals surface area contributed by atoms with E-state index in [1.165, 1.54) is 36.4 Å². The van der Waals surface area contributed by atoms with Gasteiger partial charge >= 0.3 is 0 Å². The smallest absolute Gasteiger partial charge is 0.260 e. The van der Waals surface area contributed by atoms with Crippen molar-refractivity contribution in [1.29, 1.82) is 0 Å². The predicted octanol–water partition coefficient (Wildman–Crippen LogP) is 3.09. The first kappa shape index (κ1) is 14.1. The van der Waals surface area contributed by atoms with Gasteiger partial charge in [0.25, 0.3) is 5.91 Å². The molecular weight excluding hydrogens is 282 g/mol. The molecule has 0 aliphatic heterocycles. The minimum atomic E-state index is -0.669. The summed E-state index contributed by atoms with van der Waals surface area (Å²) in [4.78, 5) is 11.8. The first-order valence-electron chi connectivity index (χ1n) is 5.68. The third-order valence-corrected chi connectivity index (χ3v) is 2.63. The fourth-order valence-electron chi connectivity index (χ4n) is 1.54. The summed E-state index contributed by atoms with van der Waals surface area (Å²) in [7, 11) is 0. The lowest BCUT2D eigenvalue weighted by Crippen LogP contribution is -2.34. The Morgan fingerprint density at radius 2 is 1.80 bits per heavy atom. The molecule has 0 fully saturated rings. The van der Waals surface area contributed by atoms with E-state index in [-0.39, 0.29) is 10.7 Å². The maximum atomic E-state index is 13.4. The van der Waals surface area contributed by atoms with E-state index in [9.17, 15) is 13.6 Å². The van der Waals surface area contributed by atoms with E-state index in [2.05, 4.69) is 10.6 Å². The van der Waals surface area contributed by atoms with Gasteiger partial charge in [-0.1, -0.05) is 18.2 Å². The van der Waals surface area contributed by atoms with Crippen molar-refractivity contribution >= 4 is 28.9 Å². The Hall–Kier alpha value is -2.34. The molecule has 0 spiro atoms. The van der Waals surface area contributed by atoms with Crippen LogP contribution in [0.15, 0.2) is 48.5 Å². The number of amides is 1. The lowest BCUT2D eigenvalue weighted by atomic mass is 10.2. The van der Waals surface area contributed by atoms with Gasteiger partial charge in [0.2, 0.25) is 0 Å². The lowest BCUT2D eigenvalue weighted by molar-refractivity contribution is 0.0974. The van der Waals surface area contributed by atoms with Gasteiger partial charge in [0, 0.05) is 5.69 Å². The van der Waals surface area contributed by atoms with Crippen LogP contribution in [0.2, 0.25) is 0 Å². The Morgan fingerprint density at radius 1 is 1.05 bits per heavy atom. The van der Waals surface area contributed by atoms with Crippen molar-refractivity contribution in [1.82, 2.24) is 5.32 Å². The average Bonchev–Trinajstić information content (AvgIpc) is 2.38. The van der Waals surface area contributed by atoms with Gasteiger partial charge in [0.15, 0.2) is 5.11 Å². The minimum Gasteiger partial charge on any atom is -0.332 e. The summed E-state index contributed by atoms with van der Waals surface area (Å²) in [6.07, 6.45) is 0. The van der Waals surface area contributed by atoms with Gasteiger partial charge in [0.05, 0.1) is 5.56 Å². The van der Waals surface area contributed by atoms with Crippen molar-refractivity contribution in [3.8, 4) is 0 Å². The highest BCUT2D eigenvalue weighted by atomic mass is 32.1. The van der Waals surface area contributed by atoms with E-state index < -0.39 is 17.5 Å². The zero-order valence-electron chi connectivity index (χ0n) is 10.2. The summed E-state index contributed by atoms with van der Waals surface area (Å²) in [6, 6.07) is 11.1. The summed E-state index contributed by atoms with van der Waals surface area (Å²) >= 11 is 4.91. The van der Waals surface area contributed by atoms with E-state index >= 15 is 0 Å². The molecule has 6 heteroatoms. The van der Waals surface area contributed by atoms with E-state index in [4.69, 9.17) is 12.2 Å². The number of hydrogen-bond acceptors (Lipinski definition) is 2. The molecule has 2 N–H and O–H groups in total. The normalized spacial score (nSPS) is 9.90. The molecule has 20 heavy (non-hydrogen) atoms. The monoisotopic (exact) mass is 292 g/mol. The molecule has 2 aromatic carbocycles. The standard InChI is InChI=1S/C14H10F2N2OS/c15-9-4-3-5-10(8-9)17-14(20)18-13(19)11-6-1-2-7-12(11)16/h1-8H,(H2,17,18,19,20). The van der Waals surface area contributed by atoms with Crippen molar-refractivity contribution in [3.05, 3.63) is 65.7 Å². The molecule has 2 aromatic rings. The summed E-state index contributed by atoms with van der Waals surface area (Å²) in [5, 5.41) is 4.93. The maximum Gasteiger partial charge on any atom is 0.260 e. The third kappa shape index (κ3) is 3.58. The van der Waals surface area contributed by atoms with Gasteiger partial charge in [-0.05, 0) is 42.5 Å². The van der Waals surface area contributed by atoms with Crippen molar-refractivity contribution < 1.29 is 13.6 Å². The number of carbonyl (C=O) groups is 1. The molecule has 0 unspecified atom stereocenters. The number of rotatable bonds is 2. The SMILES string of the molecule is O=C(NC(=S)Nc1cccc(F)c1)c1ccccc1F.